The Labute approximate surface area is 177 Å². The van der Waals surface area contributed by atoms with E-state index in [0.717, 1.165) is 35.3 Å². The molecular weight excluding hydrogens is 398 g/mol. The Hall–Kier alpha value is -2.90. The second kappa shape index (κ2) is 7.74. The molecule has 0 unspecified atom stereocenters. The van der Waals surface area contributed by atoms with Gasteiger partial charge in [-0.2, -0.15) is 0 Å². The highest BCUT2D eigenvalue weighted by Gasteiger charge is 2.24. The number of ether oxygens (including phenoxy) is 1. The number of hydrogen-bond donors (Lipinski definition) is 1. The summed E-state index contributed by atoms with van der Waals surface area (Å²) in [6, 6.07) is 16.0. The first-order valence-electron chi connectivity index (χ1n) is 10.1. The number of H-pyrrole nitrogens is 1. The number of hydrogen-bond acceptors (Lipinski definition) is 5. The number of benzene rings is 2. The highest BCUT2D eigenvalue weighted by molar-refractivity contribution is 7.25. The van der Waals surface area contributed by atoms with Crippen molar-refractivity contribution in [3.05, 3.63) is 74.9 Å². The van der Waals surface area contributed by atoms with Crippen LogP contribution in [0.1, 0.15) is 17.9 Å². The first-order chi connectivity index (χ1) is 14.6. The van der Waals surface area contributed by atoms with E-state index in [0.29, 0.717) is 29.2 Å². The fourth-order valence-corrected chi connectivity index (χ4v) is 5.46. The van der Waals surface area contributed by atoms with Crippen molar-refractivity contribution in [3.8, 4) is 5.75 Å². The zero-order valence-electron chi connectivity index (χ0n) is 16.8. The smallest absolute Gasteiger partial charge is 0.328 e. The first kappa shape index (κ1) is 19.1. The molecule has 0 spiro atoms. The standard InChI is InChI=1S/C23H23N3O3S/c1-29-17-6-4-5-15(13-17)16-9-10-25(14-16)11-12-26-22(27)21-20(24-23(26)28)18-7-2-3-8-19(18)30-21/h2-8,13,16H,9-12,14H2,1H3,(H,24,28)/t16-/m0/s1. The van der Waals surface area contributed by atoms with E-state index in [9.17, 15) is 9.59 Å². The van der Waals surface area contributed by atoms with Gasteiger partial charge in [-0.3, -0.25) is 9.36 Å². The molecule has 0 amide bonds. The van der Waals surface area contributed by atoms with Crippen LogP contribution in [0.25, 0.3) is 20.3 Å². The Bertz CT molecular complexity index is 1340. The van der Waals surface area contributed by atoms with Crippen LogP contribution >= 0.6 is 11.3 Å². The Morgan fingerprint density at radius 1 is 1.13 bits per heavy atom. The van der Waals surface area contributed by atoms with Gasteiger partial charge in [-0.25, -0.2) is 4.79 Å². The van der Waals surface area contributed by atoms with Crippen molar-refractivity contribution in [2.24, 2.45) is 0 Å². The maximum Gasteiger partial charge on any atom is 0.328 e. The predicted molar refractivity (Wildman–Crippen MR) is 121 cm³/mol. The summed E-state index contributed by atoms with van der Waals surface area (Å²) >= 11 is 1.44. The van der Waals surface area contributed by atoms with Crippen LogP contribution in [-0.2, 0) is 6.54 Å². The Morgan fingerprint density at radius 2 is 2.00 bits per heavy atom. The molecule has 30 heavy (non-hydrogen) atoms. The minimum atomic E-state index is -0.334. The molecule has 0 saturated carbocycles. The van der Waals surface area contributed by atoms with E-state index in [1.807, 2.05) is 36.4 Å². The fraction of sp³-hybridized carbons (Fsp3) is 0.304. The van der Waals surface area contributed by atoms with E-state index >= 15 is 0 Å². The summed E-state index contributed by atoms with van der Waals surface area (Å²) in [7, 11) is 1.68. The average molecular weight is 422 g/mol. The number of nitrogens with zero attached hydrogens (tertiary/aromatic N) is 2. The van der Waals surface area contributed by atoms with Crippen molar-refractivity contribution in [2.45, 2.75) is 18.9 Å². The van der Waals surface area contributed by atoms with Crippen LogP contribution in [-0.4, -0.2) is 41.2 Å². The summed E-state index contributed by atoms with van der Waals surface area (Å²) < 4.78 is 8.31. The number of aromatic nitrogens is 2. The van der Waals surface area contributed by atoms with Crippen molar-refractivity contribution in [3.63, 3.8) is 0 Å². The Kier molecular flexibility index (Phi) is 4.92. The molecule has 3 heterocycles. The van der Waals surface area contributed by atoms with E-state index in [1.165, 1.54) is 21.5 Å². The maximum absolute atomic E-state index is 13.0. The molecule has 1 saturated heterocycles. The number of rotatable bonds is 5. The minimum Gasteiger partial charge on any atom is -0.497 e. The number of nitrogens with one attached hydrogen (secondary N) is 1. The first-order valence-corrected chi connectivity index (χ1v) is 11.0. The Balaban J connectivity index is 1.35. The lowest BCUT2D eigenvalue weighted by atomic mass is 9.98. The van der Waals surface area contributed by atoms with Crippen LogP contribution in [0.4, 0.5) is 0 Å². The molecule has 1 aliphatic heterocycles. The fourth-order valence-electron chi connectivity index (χ4n) is 4.36. The van der Waals surface area contributed by atoms with E-state index in [2.05, 4.69) is 22.0 Å². The van der Waals surface area contributed by atoms with Crippen LogP contribution in [0.15, 0.2) is 58.1 Å². The van der Waals surface area contributed by atoms with Gasteiger partial charge < -0.3 is 14.6 Å². The lowest BCUT2D eigenvalue weighted by Crippen LogP contribution is -2.38. The van der Waals surface area contributed by atoms with Gasteiger partial charge >= 0.3 is 5.69 Å². The van der Waals surface area contributed by atoms with Gasteiger partial charge in [0, 0.05) is 29.7 Å². The zero-order chi connectivity index (χ0) is 20.7. The van der Waals surface area contributed by atoms with Crippen molar-refractivity contribution >= 4 is 31.6 Å². The lowest BCUT2D eigenvalue weighted by Gasteiger charge is -2.17. The number of thiophene rings is 1. The van der Waals surface area contributed by atoms with Crippen molar-refractivity contribution < 1.29 is 4.74 Å². The summed E-state index contributed by atoms with van der Waals surface area (Å²) in [6.07, 6.45) is 1.06. The van der Waals surface area contributed by atoms with E-state index in [4.69, 9.17) is 4.74 Å². The van der Waals surface area contributed by atoms with Gasteiger partial charge in [-0.1, -0.05) is 30.3 Å². The quantitative estimate of drug-likeness (QED) is 0.536. The number of likely N-dealkylation sites (tertiary alicyclic amines) is 1. The van der Waals surface area contributed by atoms with E-state index in [-0.39, 0.29) is 11.2 Å². The summed E-state index contributed by atoms with van der Waals surface area (Å²) in [4.78, 5) is 30.9. The normalized spacial score (nSPS) is 17.2. The van der Waals surface area contributed by atoms with Gasteiger partial charge in [0.15, 0.2) is 0 Å². The molecule has 1 fully saturated rings. The van der Waals surface area contributed by atoms with Gasteiger partial charge in [0.05, 0.1) is 12.6 Å². The predicted octanol–water partition coefficient (Wildman–Crippen LogP) is 3.40. The van der Waals surface area contributed by atoms with Crippen LogP contribution in [0.3, 0.4) is 0 Å². The second-order valence-electron chi connectivity index (χ2n) is 7.75. The highest BCUT2D eigenvalue weighted by atomic mass is 32.1. The third-order valence-electron chi connectivity index (χ3n) is 5.99. The molecule has 1 N–H and O–H groups in total. The van der Waals surface area contributed by atoms with Gasteiger partial charge in [0.25, 0.3) is 5.56 Å². The monoisotopic (exact) mass is 421 g/mol. The summed E-state index contributed by atoms with van der Waals surface area (Å²) in [6.45, 7) is 2.95. The number of aromatic amines is 1. The molecule has 1 aliphatic rings. The third kappa shape index (κ3) is 3.34. The van der Waals surface area contributed by atoms with Gasteiger partial charge in [-0.15, -0.1) is 11.3 Å². The number of methoxy groups -OCH3 is 1. The molecule has 7 heteroatoms. The molecule has 2 aromatic carbocycles. The van der Waals surface area contributed by atoms with Crippen LogP contribution in [0.5, 0.6) is 5.75 Å². The summed E-state index contributed by atoms with van der Waals surface area (Å²) in [5.74, 6) is 1.32. The van der Waals surface area contributed by atoms with Gasteiger partial charge in [-0.05, 0) is 42.6 Å². The summed E-state index contributed by atoms with van der Waals surface area (Å²) in [5.41, 5.74) is 1.40. The highest BCUT2D eigenvalue weighted by Crippen LogP contribution is 2.30. The topological polar surface area (TPSA) is 67.3 Å². The molecule has 154 valence electrons. The van der Waals surface area contributed by atoms with E-state index < -0.39 is 0 Å². The van der Waals surface area contributed by atoms with Gasteiger partial charge in [0.1, 0.15) is 10.4 Å². The van der Waals surface area contributed by atoms with Crippen LogP contribution in [0, 0.1) is 0 Å². The molecule has 1 atom stereocenters. The molecule has 4 aromatic rings. The lowest BCUT2D eigenvalue weighted by molar-refractivity contribution is 0.314. The third-order valence-corrected chi connectivity index (χ3v) is 7.15. The number of fused-ring (bicyclic) bond motifs is 3. The molecule has 0 radical (unpaired) electrons. The van der Waals surface area contributed by atoms with Crippen molar-refractivity contribution in [1.82, 2.24) is 14.5 Å². The van der Waals surface area contributed by atoms with Crippen molar-refractivity contribution in [2.75, 3.05) is 26.7 Å². The molecule has 0 bridgehead atoms. The van der Waals surface area contributed by atoms with Crippen molar-refractivity contribution in [1.29, 1.82) is 0 Å². The zero-order valence-corrected chi connectivity index (χ0v) is 17.6. The van der Waals surface area contributed by atoms with E-state index in [1.54, 1.807) is 7.11 Å². The molecule has 5 rings (SSSR count). The van der Waals surface area contributed by atoms with Gasteiger partial charge in [0.2, 0.25) is 0 Å². The largest absolute Gasteiger partial charge is 0.497 e. The minimum absolute atomic E-state index is 0.196. The average Bonchev–Trinajstić information content (AvgIpc) is 3.39. The molecule has 0 aliphatic carbocycles. The SMILES string of the molecule is COc1cccc([C@H]2CCN(CCn3c(=O)[nH]c4c(sc5ccccc54)c3=O)C2)c1. The Morgan fingerprint density at radius 3 is 2.87 bits per heavy atom. The molecular formula is C23H23N3O3S. The van der Waals surface area contributed by atoms with Crippen LogP contribution < -0.4 is 16.0 Å². The second-order valence-corrected chi connectivity index (χ2v) is 8.80. The summed E-state index contributed by atoms with van der Waals surface area (Å²) in [5, 5.41) is 0.930. The molecule has 6 nitrogen and oxygen atoms in total. The maximum atomic E-state index is 13.0. The van der Waals surface area contributed by atoms with Crippen LogP contribution in [0.2, 0.25) is 0 Å². The molecule has 2 aromatic heterocycles.